The normalized spacial score (nSPS) is 10.6. The summed E-state index contributed by atoms with van der Waals surface area (Å²) in [4.78, 5) is 23.7. The Morgan fingerprint density at radius 2 is 1.77 bits per heavy atom. The van der Waals surface area contributed by atoms with Gasteiger partial charge in [-0.1, -0.05) is 6.07 Å². The Morgan fingerprint density at radius 3 is 2.50 bits per heavy atom. The van der Waals surface area contributed by atoms with Gasteiger partial charge in [0.2, 0.25) is 5.82 Å². The minimum Gasteiger partial charge on any atom is -0.497 e. The predicted octanol–water partition coefficient (Wildman–Crippen LogP) is 4.79. The maximum Gasteiger partial charge on any atom is 0.373 e. The molecule has 9 heteroatoms. The van der Waals surface area contributed by atoms with Gasteiger partial charge < -0.3 is 14.8 Å². The van der Waals surface area contributed by atoms with Crippen molar-refractivity contribution in [3.8, 4) is 17.4 Å². The van der Waals surface area contributed by atoms with Crippen LogP contribution in [0.1, 0.15) is 5.69 Å². The summed E-state index contributed by atoms with van der Waals surface area (Å²) in [6, 6.07) is 15.9. The molecule has 4 rings (SSSR count). The average molecular weight is 403 g/mol. The van der Waals surface area contributed by atoms with Crippen molar-refractivity contribution in [1.29, 1.82) is 0 Å². The third-order valence-electron chi connectivity index (χ3n) is 4.37. The third kappa shape index (κ3) is 3.81. The number of rotatable bonds is 6. The van der Waals surface area contributed by atoms with Crippen molar-refractivity contribution in [3.05, 3.63) is 76.7 Å². The number of benzene rings is 2. The van der Waals surface area contributed by atoms with Gasteiger partial charge in [-0.05, 0) is 55.5 Å². The number of methoxy groups -OCH3 is 1. The van der Waals surface area contributed by atoms with E-state index in [4.69, 9.17) is 9.47 Å². The van der Waals surface area contributed by atoms with Gasteiger partial charge in [-0.3, -0.25) is 15.1 Å². The topological polar surface area (TPSA) is 112 Å². The number of fused-ring (bicyclic) bond motifs is 1. The van der Waals surface area contributed by atoms with Crippen LogP contribution in [0, 0.1) is 17.0 Å². The highest BCUT2D eigenvalue weighted by atomic mass is 16.6. The monoisotopic (exact) mass is 403 g/mol. The van der Waals surface area contributed by atoms with Crippen LogP contribution in [0.25, 0.3) is 10.9 Å². The fraction of sp³-hybridized carbons (Fsp3) is 0.0952. The van der Waals surface area contributed by atoms with Gasteiger partial charge in [0.25, 0.3) is 0 Å². The van der Waals surface area contributed by atoms with E-state index in [0.29, 0.717) is 17.2 Å². The zero-order chi connectivity index (χ0) is 21.1. The highest BCUT2D eigenvalue weighted by Gasteiger charge is 2.25. The van der Waals surface area contributed by atoms with Crippen LogP contribution in [0.3, 0.4) is 0 Å². The SMILES string of the molecule is COc1ccc(Oc2ncnc(Nc3cccc4nc(C)ccc34)c2[N+](=O)[O-])cc1. The molecule has 2 aromatic heterocycles. The lowest BCUT2D eigenvalue weighted by Gasteiger charge is -2.11. The van der Waals surface area contributed by atoms with Crippen molar-refractivity contribution in [3.63, 3.8) is 0 Å². The van der Waals surface area contributed by atoms with Crippen LogP contribution in [0.5, 0.6) is 17.4 Å². The molecule has 0 aliphatic heterocycles. The van der Waals surface area contributed by atoms with E-state index in [1.807, 2.05) is 31.2 Å². The fourth-order valence-corrected chi connectivity index (χ4v) is 2.94. The molecule has 0 radical (unpaired) electrons. The first kappa shape index (κ1) is 19.1. The number of pyridine rings is 1. The van der Waals surface area contributed by atoms with Gasteiger partial charge in [-0.2, -0.15) is 4.98 Å². The van der Waals surface area contributed by atoms with E-state index >= 15 is 0 Å². The van der Waals surface area contributed by atoms with Crippen LogP contribution in [0.15, 0.2) is 60.9 Å². The summed E-state index contributed by atoms with van der Waals surface area (Å²) in [6.07, 6.45) is 1.21. The van der Waals surface area contributed by atoms with Crippen molar-refractivity contribution >= 4 is 28.1 Å². The van der Waals surface area contributed by atoms with Crippen LogP contribution < -0.4 is 14.8 Å². The fourth-order valence-electron chi connectivity index (χ4n) is 2.94. The number of ether oxygens (including phenoxy) is 2. The van der Waals surface area contributed by atoms with E-state index in [2.05, 4.69) is 20.3 Å². The molecule has 0 saturated carbocycles. The number of nitrogens with one attached hydrogen (secondary N) is 1. The molecule has 1 N–H and O–H groups in total. The van der Waals surface area contributed by atoms with Crippen molar-refractivity contribution in [2.75, 3.05) is 12.4 Å². The summed E-state index contributed by atoms with van der Waals surface area (Å²) < 4.78 is 10.8. The molecule has 0 aliphatic rings. The van der Waals surface area contributed by atoms with Crippen molar-refractivity contribution in [1.82, 2.24) is 15.0 Å². The van der Waals surface area contributed by atoms with Gasteiger partial charge >= 0.3 is 11.6 Å². The minimum atomic E-state index is -0.575. The molecule has 0 saturated heterocycles. The number of hydrogen-bond acceptors (Lipinski definition) is 8. The Hall–Kier alpha value is -4.27. The zero-order valence-corrected chi connectivity index (χ0v) is 16.2. The van der Waals surface area contributed by atoms with Gasteiger partial charge in [-0.15, -0.1) is 0 Å². The number of aryl methyl sites for hydroxylation is 1. The molecule has 2 heterocycles. The Labute approximate surface area is 171 Å². The first-order valence-electron chi connectivity index (χ1n) is 9.00. The molecule has 0 bridgehead atoms. The molecule has 0 aliphatic carbocycles. The molecular weight excluding hydrogens is 386 g/mol. The molecule has 150 valence electrons. The summed E-state index contributed by atoms with van der Waals surface area (Å²) in [6.45, 7) is 1.90. The molecule has 4 aromatic rings. The largest absolute Gasteiger partial charge is 0.497 e. The summed E-state index contributed by atoms with van der Waals surface area (Å²) in [5.74, 6) is 0.874. The number of hydrogen-bond donors (Lipinski definition) is 1. The summed E-state index contributed by atoms with van der Waals surface area (Å²) in [7, 11) is 1.55. The van der Waals surface area contributed by atoms with Crippen LogP contribution >= 0.6 is 0 Å². The van der Waals surface area contributed by atoms with Crippen molar-refractivity contribution in [2.24, 2.45) is 0 Å². The number of anilines is 2. The molecule has 2 aromatic carbocycles. The maximum atomic E-state index is 11.8. The van der Waals surface area contributed by atoms with Gasteiger partial charge in [-0.25, -0.2) is 4.98 Å². The lowest BCUT2D eigenvalue weighted by molar-refractivity contribution is -0.385. The van der Waals surface area contributed by atoms with Crippen LogP contribution in [-0.2, 0) is 0 Å². The summed E-state index contributed by atoms with van der Waals surface area (Å²) >= 11 is 0. The van der Waals surface area contributed by atoms with Gasteiger partial charge in [0.05, 0.1) is 17.5 Å². The Balaban J connectivity index is 1.72. The van der Waals surface area contributed by atoms with Gasteiger partial charge in [0, 0.05) is 16.8 Å². The van der Waals surface area contributed by atoms with E-state index in [0.717, 1.165) is 16.6 Å². The molecule has 0 amide bonds. The lowest BCUT2D eigenvalue weighted by Crippen LogP contribution is -2.04. The predicted molar refractivity (Wildman–Crippen MR) is 112 cm³/mol. The van der Waals surface area contributed by atoms with E-state index < -0.39 is 4.92 Å². The molecular formula is C21H17N5O4. The second-order valence-electron chi connectivity index (χ2n) is 6.36. The van der Waals surface area contributed by atoms with Crippen LogP contribution in [-0.4, -0.2) is 27.0 Å². The highest BCUT2D eigenvalue weighted by molar-refractivity contribution is 5.93. The second-order valence-corrected chi connectivity index (χ2v) is 6.36. The first-order chi connectivity index (χ1) is 14.5. The number of nitro groups is 1. The Kier molecular flexibility index (Phi) is 5.08. The van der Waals surface area contributed by atoms with Gasteiger partial charge in [0.15, 0.2) is 0 Å². The Morgan fingerprint density at radius 1 is 1.00 bits per heavy atom. The van der Waals surface area contributed by atoms with Crippen molar-refractivity contribution < 1.29 is 14.4 Å². The zero-order valence-electron chi connectivity index (χ0n) is 16.2. The third-order valence-corrected chi connectivity index (χ3v) is 4.37. The average Bonchev–Trinajstić information content (AvgIpc) is 2.74. The standard InChI is InChI=1S/C21H17N5O4/c1-13-6-11-16-17(24-13)4-3-5-18(16)25-20-19(26(27)28)21(23-12-22-20)30-15-9-7-14(29-2)8-10-15/h3-12H,1-2H3,(H,22,23,25). The van der Waals surface area contributed by atoms with E-state index in [1.54, 1.807) is 37.4 Å². The molecule has 30 heavy (non-hydrogen) atoms. The maximum absolute atomic E-state index is 11.8. The van der Waals surface area contributed by atoms with Crippen molar-refractivity contribution in [2.45, 2.75) is 6.92 Å². The second kappa shape index (κ2) is 8.00. The van der Waals surface area contributed by atoms with Crippen LogP contribution in [0.4, 0.5) is 17.2 Å². The minimum absolute atomic E-state index is 0.0200. The first-order valence-corrected chi connectivity index (χ1v) is 9.00. The van der Waals surface area contributed by atoms with Crippen LogP contribution in [0.2, 0.25) is 0 Å². The summed E-state index contributed by atoms with van der Waals surface area (Å²) in [5, 5.41) is 15.6. The molecule has 9 nitrogen and oxygen atoms in total. The van der Waals surface area contributed by atoms with Gasteiger partial charge in [0.1, 0.15) is 17.8 Å². The highest BCUT2D eigenvalue weighted by Crippen LogP contribution is 2.36. The molecule has 0 atom stereocenters. The van der Waals surface area contributed by atoms with E-state index in [9.17, 15) is 10.1 Å². The van der Waals surface area contributed by atoms with E-state index in [-0.39, 0.29) is 17.4 Å². The Bertz CT molecular complexity index is 1230. The molecule has 0 spiro atoms. The molecule has 0 unspecified atom stereocenters. The summed E-state index contributed by atoms with van der Waals surface area (Å²) in [5.41, 5.74) is 1.91. The molecule has 0 fully saturated rings. The smallest absolute Gasteiger partial charge is 0.373 e. The quantitative estimate of drug-likeness (QED) is 0.361. The number of aromatic nitrogens is 3. The van der Waals surface area contributed by atoms with E-state index in [1.165, 1.54) is 6.33 Å². The lowest BCUT2D eigenvalue weighted by atomic mass is 10.1. The number of nitrogens with zero attached hydrogens (tertiary/aromatic N) is 4.